The van der Waals surface area contributed by atoms with Gasteiger partial charge in [-0.15, -0.1) is 0 Å². The van der Waals surface area contributed by atoms with E-state index in [2.05, 4.69) is 15.8 Å². The van der Waals surface area contributed by atoms with Crippen molar-refractivity contribution < 1.29 is 19.1 Å². The zero-order chi connectivity index (χ0) is 20.5. The Morgan fingerprint density at radius 1 is 1.00 bits per heavy atom. The zero-order valence-corrected chi connectivity index (χ0v) is 15.9. The summed E-state index contributed by atoms with van der Waals surface area (Å²) in [6, 6.07) is 13.5. The highest BCUT2D eigenvalue weighted by Gasteiger charge is 2.13. The number of hydrazone groups is 1. The Morgan fingerprint density at radius 3 is 2.21 bits per heavy atom. The number of amides is 2. The second-order valence-electron chi connectivity index (χ2n) is 5.94. The molecule has 2 aromatic carbocycles. The summed E-state index contributed by atoms with van der Waals surface area (Å²) in [5.41, 5.74) is 4.71. The van der Waals surface area contributed by atoms with Crippen molar-refractivity contribution in [2.45, 2.75) is 6.92 Å². The lowest BCUT2D eigenvalue weighted by molar-refractivity contribution is -0.136. The highest BCUT2D eigenvalue weighted by atomic mass is 16.5. The van der Waals surface area contributed by atoms with Crippen molar-refractivity contribution in [1.29, 1.82) is 0 Å². The molecule has 8 nitrogen and oxygen atoms in total. The number of esters is 1. The average molecular weight is 382 g/mol. The first-order valence-corrected chi connectivity index (χ1v) is 8.59. The number of rotatable bonds is 6. The van der Waals surface area contributed by atoms with Gasteiger partial charge in [0.15, 0.2) is 0 Å². The number of nitrogens with zero attached hydrogens (tertiary/aromatic N) is 2. The summed E-state index contributed by atoms with van der Waals surface area (Å²) in [6.07, 6.45) is 1.44. The number of benzene rings is 2. The van der Waals surface area contributed by atoms with Crippen LogP contribution in [0.1, 0.15) is 22.8 Å². The Labute approximate surface area is 163 Å². The fourth-order valence-electron chi connectivity index (χ4n) is 2.17. The van der Waals surface area contributed by atoms with E-state index in [4.69, 9.17) is 4.74 Å². The van der Waals surface area contributed by atoms with Crippen LogP contribution in [-0.2, 0) is 14.3 Å². The molecule has 0 bridgehead atoms. The van der Waals surface area contributed by atoms with E-state index in [1.54, 1.807) is 6.92 Å². The molecular formula is C20H22N4O4. The summed E-state index contributed by atoms with van der Waals surface area (Å²) >= 11 is 0. The van der Waals surface area contributed by atoms with Gasteiger partial charge in [-0.05, 0) is 48.9 Å². The van der Waals surface area contributed by atoms with Crippen LogP contribution >= 0.6 is 0 Å². The van der Waals surface area contributed by atoms with Crippen LogP contribution in [0.4, 0.5) is 11.4 Å². The third kappa shape index (κ3) is 5.94. The van der Waals surface area contributed by atoms with Crippen LogP contribution in [0.3, 0.4) is 0 Å². The standard InChI is InChI=1S/C20H22N4O4/c1-4-28-20(27)15-7-9-16(10-8-15)22-18(25)19(26)23-21-13-14-5-11-17(12-6-14)24(2)3/h5-13H,4H2,1-3H3,(H,22,25)(H,23,26)/b21-13-. The Kier molecular flexibility index (Phi) is 7.27. The maximum absolute atomic E-state index is 11.9. The second-order valence-corrected chi connectivity index (χ2v) is 5.94. The van der Waals surface area contributed by atoms with Crippen LogP contribution in [0.15, 0.2) is 53.6 Å². The number of hydrogen-bond donors (Lipinski definition) is 2. The summed E-state index contributed by atoms with van der Waals surface area (Å²) in [7, 11) is 3.87. The normalized spacial score (nSPS) is 10.4. The molecule has 2 N–H and O–H groups in total. The van der Waals surface area contributed by atoms with Gasteiger partial charge in [0.2, 0.25) is 0 Å². The number of carbonyl (C=O) groups is 3. The van der Waals surface area contributed by atoms with Gasteiger partial charge in [0, 0.05) is 25.5 Å². The van der Waals surface area contributed by atoms with Gasteiger partial charge in [-0.3, -0.25) is 9.59 Å². The fourth-order valence-corrected chi connectivity index (χ4v) is 2.17. The van der Waals surface area contributed by atoms with Crippen LogP contribution in [0.5, 0.6) is 0 Å². The molecule has 0 aliphatic rings. The first kappa shape index (κ1) is 20.6. The summed E-state index contributed by atoms with van der Waals surface area (Å²) in [4.78, 5) is 37.3. The van der Waals surface area contributed by atoms with Crippen LogP contribution < -0.4 is 15.6 Å². The van der Waals surface area contributed by atoms with Gasteiger partial charge in [0.25, 0.3) is 0 Å². The molecule has 0 heterocycles. The van der Waals surface area contributed by atoms with Crippen molar-refractivity contribution >= 4 is 35.4 Å². The molecule has 0 aromatic heterocycles. The van der Waals surface area contributed by atoms with E-state index >= 15 is 0 Å². The number of anilines is 2. The molecule has 146 valence electrons. The molecule has 0 spiro atoms. The van der Waals surface area contributed by atoms with E-state index in [-0.39, 0.29) is 6.61 Å². The minimum atomic E-state index is -0.907. The Balaban J connectivity index is 1.87. The second kappa shape index (κ2) is 9.86. The molecule has 2 amide bonds. The van der Waals surface area contributed by atoms with Crippen molar-refractivity contribution in [1.82, 2.24) is 5.43 Å². The highest BCUT2D eigenvalue weighted by molar-refractivity contribution is 6.39. The maximum atomic E-state index is 11.9. The fraction of sp³-hybridized carbons (Fsp3) is 0.200. The zero-order valence-electron chi connectivity index (χ0n) is 15.9. The van der Waals surface area contributed by atoms with Crippen LogP contribution in [0, 0.1) is 0 Å². The molecule has 0 atom stereocenters. The molecule has 2 aromatic rings. The lowest BCUT2D eigenvalue weighted by atomic mass is 10.2. The number of ether oxygens (including phenoxy) is 1. The minimum Gasteiger partial charge on any atom is -0.462 e. The van der Waals surface area contributed by atoms with Crippen LogP contribution in [0.25, 0.3) is 0 Å². The van der Waals surface area contributed by atoms with Crippen molar-refractivity contribution in [3.63, 3.8) is 0 Å². The van der Waals surface area contributed by atoms with E-state index < -0.39 is 17.8 Å². The topological polar surface area (TPSA) is 100 Å². The molecular weight excluding hydrogens is 360 g/mol. The highest BCUT2D eigenvalue weighted by Crippen LogP contribution is 2.11. The minimum absolute atomic E-state index is 0.276. The smallest absolute Gasteiger partial charge is 0.338 e. The van der Waals surface area contributed by atoms with Gasteiger partial charge in [-0.1, -0.05) is 12.1 Å². The number of nitrogens with one attached hydrogen (secondary N) is 2. The van der Waals surface area contributed by atoms with Crippen molar-refractivity contribution in [3.05, 3.63) is 59.7 Å². The predicted octanol–water partition coefficient (Wildman–Crippen LogP) is 2.02. The van der Waals surface area contributed by atoms with Gasteiger partial charge >= 0.3 is 17.8 Å². The van der Waals surface area contributed by atoms with E-state index in [0.29, 0.717) is 11.3 Å². The molecule has 0 aliphatic heterocycles. The van der Waals surface area contributed by atoms with Crippen LogP contribution in [0.2, 0.25) is 0 Å². The predicted molar refractivity (Wildman–Crippen MR) is 108 cm³/mol. The van der Waals surface area contributed by atoms with Gasteiger partial charge < -0.3 is 15.0 Å². The summed E-state index contributed by atoms with van der Waals surface area (Å²) in [5.74, 6) is -2.23. The Hall–Kier alpha value is -3.68. The van der Waals surface area contributed by atoms with Crippen molar-refractivity contribution in [2.75, 3.05) is 30.9 Å². The summed E-state index contributed by atoms with van der Waals surface area (Å²) in [6.45, 7) is 1.99. The first-order chi connectivity index (χ1) is 13.4. The van der Waals surface area contributed by atoms with Gasteiger partial charge in [0.1, 0.15) is 0 Å². The average Bonchev–Trinajstić information content (AvgIpc) is 2.69. The molecule has 8 heteroatoms. The van der Waals surface area contributed by atoms with E-state index in [9.17, 15) is 14.4 Å². The molecule has 0 aliphatic carbocycles. The van der Waals surface area contributed by atoms with Gasteiger partial charge in [-0.25, -0.2) is 10.2 Å². The molecule has 0 fully saturated rings. The first-order valence-electron chi connectivity index (χ1n) is 8.59. The number of carbonyl (C=O) groups excluding carboxylic acids is 3. The number of hydrogen-bond acceptors (Lipinski definition) is 6. The molecule has 0 saturated heterocycles. The summed E-state index contributed by atoms with van der Waals surface area (Å²) < 4.78 is 4.88. The molecule has 0 radical (unpaired) electrons. The van der Waals surface area contributed by atoms with Crippen molar-refractivity contribution in [3.8, 4) is 0 Å². The van der Waals surface area contributed by atoms with Gasteiger partial charge in [0.05, 0.1) is 18.4 Å². The maximum Gasteiger partial charge on any atom is 0.338 e. The van der Waals surface area contributed by atoms with E-state index in [1.165, 1.54) is 30.5 Å². The van der Waals surface area contributed by atoms with Crippen LogP contribution in [-0.4, -0.2) is 44.7 Å². The van der Waals surface area contributed by atoms with Crippen molar-refractivity contribution in [2.24, 2.45) is 5.10 Å². The Morgan fingerprint density at radius 2 is 1.64 bits per heavy atom. The van der Waals surface area contributed by atoms with E-state index in [1.807, 2.05) is 43.3 Å². The molecule has 2 rings (SSSR count). The Bertz CT molecular complexity index is 859. The molecule has 28 heavy (non-hydrogen) atoms. The monoisotopic (exact) mass is 382 g/mol. The quantitative estimate of drug-likeness (QED) is 0.345. The lowest BCUT2D eigenvalue weighted by Crippen LogP contribution is -2.32. The largest absolute Gasteiger partial charge is 0.462 e. The third-order valence-electron chi connectivity index (χ3n) is 3.65. The summed E-state index contributed by atoms with van der Waals surface area (Å²) in [5, 5.41) is 6.20. The van der Waals surface area contributed by atoms with Gasteiger partial charge in [-0.2, -0.15) is 5.10 Å². The lowest BCUT2D eigenvalue weighted by Gasteiger charge is -2.11. The molecule has 0 unspecified atom stereocenters. The third-order valence-corrected chi connectivity index (χ3v) is 3.65. The SMILES string of the molecule is CCOC(=O)c1ccc(NC(=O)C(=O)N/N=C\c2ccc(N(C)C)cc2)cc1. The van der Waals surface area contributed by atoms with E-state index in [0.717, 1.165) is 11.3 Å². The molecule has 0 saturated carbocycles.